The number of benzene rings is 2. The molecule has 0 bridgehead atoms. The Morgan fingerprint density at radius 1 is 1.10 bits per heavy atom. The summed E-state index contributed by atoms with van der Waals surface area (Å²) in [6, 6.07) is 13.6. The van der Waals surface area contributed by atoms with Gasteiger partial charge in [0.1, 0.15) is 11.9 Å². The van der Waals surface area contributed by atoms with Crippen LogP contribution in [0.25, 0.3) is 0 Å². The summed E-state index contributed by atoms with van der Waals surface area (Å²) in [5.41, 5.74) is 1.27. The molecule has 3 aromatic rings. The highest BCUT2D eigenvalue weighted by molar-refractivity contribution is 6.31. The van der Waals surface area contributed by atoms with Crippen molar-refractivity contribution in [1.29, 1.82) is 0 Å². The lowest BCUT2D eigenvalue weighted by atomic mass is 10.1. The van der Waals surface area contributed by atoms with E-state index in [-0.39, 0.29) is 10.6 Å². The first-order chi connectivity index (χ1) is 15.1. The normalized spacial score (nSPS) is 15.4. The van der Waals surface area contributed by atoms with Crippen molar-refractivity contribution in [2.45, 2.75) is 38.1 Å². The number of carbonyl (C=O) groups is 1. The number of nitrogens with zero attached hydrogens (tertiary/aromatic N) is 3. The van der Waals surface area contributed by atoms with E-state index in [1.165, 1.54) is 31.0 Å². The molecule has 1 aliphatic rings. The van der Waals surface area contributed by atoms with Gasteiger partial charge in [0.05, 0.1) is 5.02 Å². The number of halogens is 2. The number of anilines is 1. The van der Waals surface area contributed by atoms with Crippen LogP contribution in [0.5, 0.6) is 0 Å². The monoisotopic (exact) mass is 442 g/mol. The van der Waals surface area contributed by atoms with Crippen molar-refractivity contribution in [2.75, 3.05) is 18.0 Å². The molecule has 1 N–H and O–H groups in total. The molecule has 0 radical (unpaired) electrons. The summed E-state index contributed by atoms with van der Waals surface area (Å²) in [6.45, 7) is 1.76. The number of amides is 1. The summed E-state index contributed by atoms with van der Waals surface area (Å²) in [5, 5.41) is 11.3. The molecule has 31 heavy (non-hydrogen) atoms. The molecule has 1 fully saturated rings. The van der Waals surface area contributed by atoms with E-state index in [4.69, 9.17) is 16.0 Å². The standard InChI is InChI=1S/C23H24ClFN4O2/c24-18-15-17(10-11-19(18)25)21(30)26-20(14-16-8-4-3-5-9-16)22-27-28-23(31-22)29-12-6-1-2-7-13-29/h3-5,8-11,15,20H,1-2,6-7,12-14H2,(H,26,30)/t20-/m1/s1. The van der Waals surface area contributed by atoms with E-state index in [9.17, 15) is 9.18 Å². The zero-order valence-electron chi connectivity index (χ0n) is 17.1. The van der Waals surface area contributed by atoms with Crippen LogP contribution in [-0.2, 0) is 6.42 Å². The van der Waals surface area contributed by atoms with Crippen LogP contribution in [0.4, 0.5) is 10.4 Å². The van der Waals surface area contributed by atoms with Gasteiger partial charge in [-0.15, -0.1) is 5.10 Å². The van der Waals surface area contributed by atoms with Gasteiger partial charge in [-0.05, 0) is 36.6 Å². The first-order valence-electron chi connectivity index (χ1n) is 10.5. The van der Waals surface area contributed by atoms with Crippen molar-refractivity contribution in [3.05, 3.63) is 76.4 Å². The highest BCUT2D eigenvalue weighted by Gasteiger charge is 2.24. The Morgan fingerprint density at radius 3 is 2.55 bits per heavy atom. The Bertz CT molecular complexity index is 1020. The molecule has 0 saturated carbocycles. The maximum atomic E-state index is 13.5. The van der Waals surface area contributed by atoms with Crippen LogP contribution in [0.15, 0.2) is 52.9 Å². The fourth-order valence-corrected chi connectivity index (χ4v) is 3.87. The molecule has 4 rings (SSSR count). The minimum atomic E-state index is -0.571. The van der Waals surface area contributed by atoms with Crippen molar-refractivity contribution < 1.29 is 13.6 Å². The smallest absolute Gasteiger partial charge is 0.318 e. The van der Waals surface area contributed by atoms with Gasteiger partial charge in [-0.2, -0.15) is 0 Å². The molecule has 2 aromatic carbocycles. The first-order valence-corrected chi connectivity index (χ1v) is 10.9. The molecule has 1 saturated heterocycles. The molecular formula is C23H24ClFN4O2. The number of carbonyl (C=O) groups excluding carboxylic acids is 1. The van der Waals surface area contributed by atoms with Gasteiger partial charge >= 0.3 is 6.01 Å². The van der Waals surface area contributed by atoms with Crippen LogP contribution in [0.2, 0.25) is 5.02 Å². The third kappa shape index (κ3) is 5.41. The Balaban J connectivity index is 1.57. The SMILES string of the molecule is O=C(N[C@H](Cc1ccccc1)c1nnc(N2CCCCCC2)o1)c1ccc(F)c(Cl)c1. The zero-order valence-corrected chi connectivity index (χ0v) is 17.8. The minimum Gasteiger partial charge on any atom is -0.406 e. The van der Waals surface area contributed by atoms with Gasteiger partial charge in [-0.25, -0.2) is 4.39 Å². The topological polar surface area (TPSA) is 71.3 Å². The lowest BCUT2D eigenvalue weighted by Crippen LogP contribution is -2.30. The number of hydrogen-bond acceptors (Lipinski definition) is 5. The van der Waals surface area contributed by atoms with Gasteiger partial charge < -0.3 is 14.6 Å². The summed E-state index contributed by atoms with van der Waals surface area (Å²) in [5.74, 6) is -0.625. The quantitative estimate of drug-likeness (QED) is 0.584. The second-order valence-electron chi connectivity index (χ2n) is 7.67. The lowest BCUT2D eigenvalue weighted by molar-refractivity contribution is 0.0930. The van der Waals surface area contributed by atoms with E-state index in [1.54, 1.807) is 0 Å². The second kappa shape index (κ2) is 9.92. The van der Waals surface area contributed by atoms with Crippen molar-refractivity contribution in [2.24, 2.45) is 0 Å². The summed E-state index contributed by atoms with van der Waals surface area (Å²) in [7, 11) is 0. The largest absolute Gasteiger partial charge is 0.406 e. The molecule has 0 aliphatic carbocycles. The molecule has 1 aliphatic heterocycles. The van der Waals surface area contributed by atoms with Gasteiger partial charge in [-0.1, -0.05) is 59.9 Å². The second-order valence-corrected chi connectivity index (χ2v) is 8.08. The Morgan fingerprint density at radius 2 is 1.84 bits per heavy atom. The van der Waals surface area contributed by atoms with Crippen LogP contribution in [-0.4, -0.2) is 29.2 Å². The molecule has 0 spiro atoms. The number of aromatic nitrogens is 2. The van der Waals surface area contributed by atoms with Crippen molar-refractivity contribution in [3.8, 4) is 0 Å². The maximum Gasteiger partial charge on any atom is 0.318 e. The summed E-state index contributed by atoms with van der Waals surface area (Å²) < 4.78 is 19.5. The number of rotatable bonds is 6. The predicted molar refractivity (Wildman–Crippen MR) is 117 cm³/mol. The maximum absolute atomic E-state index is 13.5. The van der Waals surface area contributed by atoms with E-state index in [2.05, 4.69) is 20.4 Å². The first kappa shape index (κ1) is 21.3. The van der Waals surface area contributed by atoms with E-state index in [1.807, 2.05) is 30.3 Å². The predicted octanol–water partition coefficient (Wildman–Crippen LogP) is 4.96. The molecule has 0 unspecified atom stereocenters. The third-order valence-corrected chi connectivity index (χ3v) is 5.66. The van der Waals surface area contributed by atoms with Crippen LogP contribution in [0, 0.1) is 5.82 Å². The number of hydrogen-bond donors (Lipinski definition) is 1. The summed E-state index contributed by atoms with van der Waals surface area (Å²) >= 11 is 5.84. The van der Waals surface area contributed by atoms with E-state index in [0.717, 1.165) is 31.5 Å². The Hall–Kier alpha value is -2.93. The molecule has 6 nitrogen and oxygen atoms in total. The number of nitrogens with one attached hydrogen (secondary N) is 1. The summed E-state index contributed by atoms with van der Waals surface area (Å²) in [4.78, 5) is 14.9. The van der Waals surface area contributed by atoms with Crippen LogP contribution < -0.4 is 10.2 Å². The zero-order chi connectivity index (χ0) is 21.6. The van der Waals surface area contributed by atoms with E-state index in [0.29, 0.717) is 18.3 Å². The molecule has 162 valence electrons. The highest BCUT2D eigenvalue weighted by Crippen LogP contribution is 2.24. The van der Waals surface area contributed by atoms with Crippen LogP contribution in [0.3, 0.4) is 0 Å². The van der Waals surface area contributed by atoms with Gasteiger partial charge in [-0.3, -0.25) is 4.79 Å². The minimum absolute atomic E-state index is 0.103. The Kier molecular flexibility index (Phi) is 6.82. The van der Waals surface area contributed by atoms with Crippen LogP contribution in [0.1, 0.15) is 53.5 Å². The molecule has 1 aromatic heterocycles. The van der Waals surface area contributed by atoms with Gasteiger partial charge in [0.25, 0.3) is 5.91 Å². The lowest BCUT2D eigenvalue weighted by Gasteiger charge is -2.18. The van der Waals surface area contributed by atoms with Gasteiger partial charge in [0.15, 0.2) is 0 Å². The Labute approximate surface area is 185 Å². The molecule has 1 amide bonds. The fourth-order valence-electron chi connectivity index (χ4n) is 3.69. The van der Waals surface area contributed by atoms with Gasteiger partial charge in [0, 0.05) is 25.1 Å². The fraction of sp³-hybridized carbons (Fsp3) is 0.348. The highest BCUT2D eigenvalue weighted by atomic mass is 35.5. The van der Waals surface area contributed by atoms with E-state index < -0.39 is 17.8 Å². The third-order valence-electron chi connectivity index (χ3n) is 5.37. The summed E-state index contributed by atoms with van der Waals surface area (Å²) in [6.07, 6.45) is 5.05. The van der Waals surface area contributed by atoms with Crippen molar-refractivity contribution in [3.63, 3.8) is 0 Å². The van der Waals surface area contributed by atoms with E-state index >= 15 is 0 Å². The van der Waals surface area contributed by atoms with Crippen molar-refractivity contribution >= 4 is 23.5 Å². The van der Waals surface area contributed by atoms with Gasteiger partial charge in [0.2, 0.25) is 5.89 Å². The van der Waals surface area contributed by atoms with Crippen LogP contribution >= 0.6 is 11.6 Å². The average Bonchev–Trinajstić information content (AvgIpc) is 3.11. The molecule has 1 atom stereocenters. The molecular weight excluding hydrogens is 419 g/mol. The molecule has 8 heteroatoms. The average molecular weight is 443 g/mol. The van der Waals surface area contributed by atoms with Crippen molar-refractivity contribution in [1.82, 2.24) is 15.5 Å². The molecule has 2 heterocycles.